The van der Waals surface area contributed by atoms with Gasteiger partial charge in [0.1, 0.15) is 6.10 Å². The molecule has 1 fully saturated rings. The molecule has 3 unspecified atom stereocenters. The van der Waals surface area contributed by atoms with E-state index >= 15 is 0 Å². The molecule has 2 aromatic carbocycles. The van der Waals surface area contributed by atoms with Gasteiger partial charge in [0.15, 0.2) is 0 Å². The zero-order chi connectivity index (χ0) is 21.8. The summed E-state index contributed by atoms with van der Waals surface area (Å²) >= 11 is 12.5. The van der Waals surface area contributed by atoms with Crippen LogP contribution < -0.4 is 5.32 Å². The van der Waals surface area contributed by atoms with Gasteiger partial charge in [-0.1, -0.05) is 53.5 Å². The Bertz CT molecular complexity index is 1070. The number of benzene rings is 2. The molecule has 1 aromatic heterocycles. The molecule has 31 heavy (non-hydrogen) atoms. The number of aromatic nitrogens is 1. The maximum absolute atomic E-state index is 13.0. The Labute approximate surface area is 192 Å². The van der Waals surface area contributed by atoms with Gasteiger partial charge in [0, 0.05) is 45.3 Å². The molecule has 0 saturated carbocycles. The van der Waals surface area contributed by atoms with Crippen molar-refractivity contribution in [2.45, 2.75) is 31.4 Å². The number of carbonyl (C=O) groups excluding carboxylic acids is 1. The van der Waals surface area contributed by atoms with Crippen molar-refractivity contribution in [2.24, 2.45) is 5.92 Å². The molecule has 4 nitrogen and oxygen atoms in total. The van der Waals surface area contributed by atoms with Crippen LogP contribution in [0.25, 0.3) is 10.9 Å². The zero-order valence-electron chi connectivity index (χ0n) is 17.1. The molecule has 1 saturated heterocycles. The van der Waals surface area contributed by atoms with Gasteiger partial charge in [-0.05, 0) is 43.0 Å². The summed E-state index contributed by atoms with van der Waals surface area (Å²) in [7, 11) is 0. The lowest BCUT2D eigenvalue weighted by Gasteiger charge is -2.34. The van der Waals surface area contributed by atoms with E-state index in [4.69, 9.17) is 27.9 Å². The monoisotopic (exact) mass is 454 g/mol. The van der Waals surface area contributed by atoms with Crippen molar-refractivity contribution < 1.29 is 9.53 Å². The molecule has 160 valence electrons. The van der Waals surface area contributed by atoms with Gasteiger partial charge in [-0.2, -0.15) is 0 Å². The van der Waals surface area contributed by atoms with Crippen LogP contribution in [0.15, 0.2) is 67.4 Å². The summed E-state index contributed by atoms with van der Waals surface area (Å²) in [5, 5.41) is 5.45. The second-order valence-electron chi connectivity index (χ2n) is 7.79. The van der Waals surface area contributed by atoms with Gasteiger partial charge in [-0.25, -0.2) is 0 Å². The zero-order valence-corrected chi connectivity index (χ0v) is 18.6. The summed E-state index contributed by atoms with van der Waals surface area (Å²) in [5.41, 5.74) is 2.39. The van der Waals surface area contributed by atoms with Crippen molar-refractivity contribution in [3.8, 4) is 0 Å². The van der Waals surface area contributed by atoms with Crippen LogP contribution in [0.4, 0.5) is 0 Å². The number of ether oxygens (including phenoxy) is 1. The van der Waals surface area contributed by atoms with E-state index in [1.54, 1.807) is 24.4 Å². The third-order valence-electron chi connectivity index (χ3n) is 5.82. The lowest BCUT2D eigenvalue weighted by atomic mass is 9.88. The highest BCUT2D eigenvalue weighted by Crippen LogP contribution is 2.33. The van der Waals surface area contributed by atoms with E-state index in [-0.39, 0.29) is 18.4 Å². The van der Waals surface area contributed by atoms with Crippen molar-refractivity contribution in [2.75, 3.05) is 6.54 Å². The topological polar surface area (TPSA) is 51.2 Å². The largest absolute Gasteiger partial charge is 0.456 e. The van der Waals surface area contributed by atoms with Crippen LogP contribution in [0.1, 0.15) is 30.1 Å². The summed E-state index contributed by atoms with van der Waals surface area (Å²) in [5.74, 6) is 0.0530. The van der Waals surface area contributed by atoms with Crippen molar-refractivity contribution >= 4 is 40.1 Å². The SMILES string of the molecule is C=CC1CCC(C(OC(=O)Cc2c(Cl)cccc2Cl)c2ccnc3ccccc23)NC1. The van der Waals surface area contributed by atoms with Crippen LogP contribution in [0.3, 0.4) is 0 Å². The van der Waals surface area contributed by atoms with E-state index < -0.39 is 6.10 Å². The van der Waals surface area contributed by atoms with Crippen LogP contribution in [0.5, 0.6) is 0 Å². The first-order valence-electron chi connectivity index (χ1n) is 10.4. The molecule has 6 heteroatoms. The normalized spacial score (nSPS) is 19.7. The van der Waals surface area contributed by atoms with Gasteiger partial charge in [-0.3, -0.25) is 9.78 Å². The summed E-state index contributed by atoms with van der Waals surface area (Å²) in [4.78, 5) is 17.5. The number of hydrogen-bond donors (Lipinski definition) is 1. The number of piperidine rings is 1. The number of esters is 1. The fraction of sp³-hybridized carbons (Fsp3) is 0.280. The highest BCUT2D eigenvalue weighted by molar-refractivity contribution is 6.36. The van der Waals surface area contributed by atoms with Crippen LogP contribution in [0, 0.1) is 5.92 Å². The van der Waals surface area contributed by atoms with Gasteiger partial charge >= 0.3 is 5.97 Å². The fourth-order valence-corrected chi connectivity index (χ4v) is 4.65. The maximum Gasteiger partial charge on any atom is 0.311 e. The quantitative estimate of drug-likeness (QED) is 0.370. The molecular weight excluding hydrogens is 431 g/mol. The Morgan fingerprint density at radius 2 is 1.94 bits per heavy atom. The van der Waals surface area contributed by atoms with Crippen LogP contribution in [-0.2, 0) is 16.0 Å². The van der Waals surface area contributed by atoms with Gasteiger partial charge in [0.2, 0.25) is 0 Å². The van der Waals surface area contributed by atoms with Crippen LogP contribution in [-0.4, -0.2) is 23.5 Å². The number of carbonyl (C=O) groups is 1. The molecule has 0 aliphatic carbocycles. The molecule has 1 aliphatic heterocycles. The smallest absolute Gasteiger partial charge is 0.311 e. The van der Waals surface area contributed by atoms with Crippen molar-refractivity contribution in [1.82, 2.24) is 10.3 Å². The van der Waals surface area contributed by atoms with Gasteiger partial charge in [0.05, 0.1) is 11.9 Å². The number of nitrogens with one attached hydrogen (secondary N) is 1. The summed E-state index contributed by atoms with van der Waals surface area (Å²) in [6.45, 7) is 4.71. The second-order valence-corrected chi connectivity index (χ2v) is 8.61. The third-order valence-corrected chi connectivity index (χ3v) is 6.53. The Morgan fingerprint density at radius 1 is 1.16 bits per heavy atom. The maximum atomic E-state index is 13.0. The van der Waals surface area contributed by atoms with Crippen molar-refractivity contribution in [3.63, 3.8) is 0 Å². The number of fused-ring (bicyclic) bond motifs is 1. The van der Waals surface area contributed by atoms with Gasteiger partial charge in [0.25, 0.3) is 0 Å². The molecule has 3 atom stereocenters. The molecule has 0 bridgehead atoms. The molecule has 4 rings (SSSR count). The van der Waals surface area contributed by atoms with Crippen LogP contribution in [0.2, 0.25) is 10.0 Å². The lowest BCUT2D eigenvalue weighted by Crippen LogP contribution is -2.43. The predicted octanol–water partition coefficient (Wildman–Crippen LogP) is 5.92. The molecule has 0 amide bonds. The predicted molar refractivity (Wildman–Crippen MR) is 125 cm³/mol. The number of para-hydroxylation sites is 1. The third kappa shape index (κ3) is 4.93. The molecular formula is C25H24Cl2N2O2. The lowest BCUT2D eigenvalue weighted by molar-refractivity contribution is -0.150. The van der Waals surface area contributed by atoms with E-state index in [0.717, 1.165) is 35.9 Å². The minimum atomic E-state index is -0.451. The molecule has 1 aliphatic rings. The molecule has 0 spiro atoms. The molecule has 0 radical (unpaired) electrons. The average Bonchev–Trinajstić information content (AvgIpc) is 2.80. The molecule has 1 N–H and O–H groups in total. The number of nitrogens with zero attached hydrogens (tertiary/aromatic N) is 1. The minimum absolute atomic E-state index is 0.00678. The van der Waals surface area contributed by atoms with Gasteiger partial charge < -0.3 is 10.1 Å². The number of halogens is 2. The highest BCUT2D eigenvalue weighted by atomic mass is 35.5. The Balaban J connectivity index is 1.64. The Kier molecular flexibility index (Phi) is 6.91. The van der Waals surface area contributed by atoms with Crippen LogP contribution >= 0.6 is 23.2 Å². The minimum Gasteiger partial charge on any atom is -0.456 e. The first kappa shape index (κ1) is 21.8. The van der Waals surface area contributed by atoms with E-state index in [0.29, 0.717) is 21.5 Å². The number of pyridine rings is 1. The van der Waals surface area contributed by atoms with Crippen molar-refractivity contribution in [1.29, 1.82) is 0 Å². The van der Waals surface area contributed by atoms with E-state index in [1.807, 2.05) is 36.4 Å². The molecule has 3 aromatic rings. The first-order valence-corrected chi connectivity index (χ1v) is 11.1. The first-order chi connectivity index (χ1) is 15.1. The second kappa shape index (κ2) is 9.82. The Morgan fingerprint density at radius 3 is 2.65 bits per heavy atom. The van der Waals surface area contributed by atoms with E-state index in [2.05, 4.69) is 16.9 Å². The Hall–Kier alpha value is -2.40. The highest BCUT2D eigenvalue weighted by Gasteiger charge is 2.31. The average molecular weight is 455 g/mol. The number of rotatable bonds is 6. The summed E-state index contributed by atoms with van der Waals surface area (Å²) in [6.07, 6.45) is 5.17. The summed E-state index contributed by atoms with van der Waals surface area (Å²) in [6, 6.07) is 15.0. The molecule has 2 heterocycles. The van der Waals surface area contributed by atoms with Gasteiger partial charge in [-0.15, -0.1) is 6.58 Å². The standard InChI is InChI=1S/C25H24Cl2N2O2/c1-2-16-10-11-23(29-15-16)25(18-12-13-28-22-9-4-3-6-17(18)22)31-24(30)14-19-20(26)7-5-8-21(19)27/h2-9,12-13,16,23,25,29H,1,10-11,14-15H2. The van der Waals surface area contributed by atoms with E-state index in [1.165, 1.54) is 0 Å². The summed E-state index contributed by atoms with van der Waals surface area (Å²) < 4.78 is 6.09. The van der Waals surface area contributed by atoms with Crippen molar-refractivity contribution in [3.05, 3.63) is 88.6 Å². The fourth-order valence-electron chi connectivity index (χ4n) is 4.12. The number of hydrogen-bond acceptors (Lipinski definition) is 4. The van der Waals surface area contributed by atoms with E-state index in [9.17, 15) is 4.79 Å².